The topological polar surface area (TPSA) is 123 Å². The first-order valence-electron chi connectivity index (χ1n) is 11.0. The van der Waals surface area contributed by atoms with E-state index in [4.69, 9.17) is 9.84 Å². The fourth-order valence-electron chi connectivity index (χ4n) is 4.33. The molecule has 0 unspecified atom stereocenters. The van der Waals surface area contributed by atoms with Gasteiger partial charge in [0.1, 0.15) is 12.3 Å². The molecule has 0 saturated heterocycles. The molecule has 0 aliphatic heterocycles. The lowest BCUT2D eigenvalue weighted by Crippen LogP contribution is -2.36. The van der Waals surface area contributed by atoms with Gasteiger partial charge in [-0.3, -0.25) is 14.3 Å². The van der Waals surface area contributed by atoms with E-state index in [1.54, 1.807) is 14.0 Å². The minimum atomic E-state index is -1.00. The lowest BCUT2D eigenvalue weighted by atomic mass is 9.98. The average molecular weight is 463 g/mol. The largest absolute Gasteiger partial charge is 0.481 e. The minimum absolute atomic E-state index is 0.0422. The van der Waals surface area contributed by atoms with Crippen LogP contribution in [0.3, 0.4) is 0 Å². The molecule has 176 valence electrons. The van der Waals surface area contributed by atoms with E-state index in [1.165, 1.54) is 10.9 Å². The molecule has 1 aliphatic carbocycles. The minimum Gasteiger partial charge on any atom is -0.481 e. The number of rotatable bonds is 8. The Morgan fingerprint density at radius 2 is 1.71 bits per heavy atom. The number of aryl methyl sites for hydroxylation is 1. The normalized spacial score (nSPS) is 13.0. The first-order chi connectivity index (χ1) is 16.3. The predicted octanol–water partition coefficient (Wildman–Crippen LogP) is 3.05. The summed E-state index contributed by atoms with van der Waals surface area (Å²) >= 11 is 0. The van der Waals surface area contributed by atoms with Crippen LogP contribution in [0.5, 0.6) is 0 Å². The Morgan fingerprint density at radius 3 is 2.32 bits per heavy atom. The van der Waals surface area contributed by atoms with Crippen molar-refractivity contribution >= 4 is 18.0 Å². The predicted molar refractivity (Wildman–Crippen MR) is 124 cm³/mol. The van der Waals surface area contributed by atoms with Crippen molar-refractivity contribution < 1.29 is 24.2 Å². The molecule has 1 aliphatic rings. The van der Waals surface area contributed by atoms with E-state index in [0.29, 0.717) is 5.56 Å². The molecule has 3 N–H and O–H groups in total. The molecule has 9 heteroatoms. The Labute approximate surface area is 196 Å². The SMILES string of the molecule is C[C@@H](CC(=O)O)NC(=O)c1c(CNC(=O)OCC2c3ccccc3-c3ccccc32)cnn1C. The monoisotopic (exact) mass is 462 g/mol. The van der Waals surface area contributed by atoms with Crippen LogP contribution >= 0.6 is 0 Å². The number of nitrogens with one attached hydrogen (secondary N) is 2. The quantitative estimate of drug-likeness (QED) is 0.473. The highest BCUT2D eigenvalue weighted by Crippen LogP contribution is 2.44. The van der Waals surface area contributed by atoms with E-state index in [1.807, 2.05) is 36.4 Å². The smallest absolute Gasteiger partial charge is 0.407 e. The number of aliphatic carboxylic acids is 1. The molecule has 0 fully saturated rings. The van der Waals surface area contributed by atoms with Gasteiger partial charge in [0.15, 0.2) is 0 Å². The summed E-state index contributed by atoms with van der Waals surface area (Å²) in [6, 6.07) is 15.6. The highest BCUT2D eigenvalue weighted by molar-refractivity contribution is 5.94. The number of fused-ring (bicyclic) bond motifs is 3. The molecule has 4 rings (SSSR count). The van der Waals surface area contributed by atoms with Crippen LogP contribution in [0.25, 0.3) is 11.1 Å². The van der Waals surface area contributed by atoms with Crippen molar-refractivity contribution in [3.8, 4) is 11.1 Å². The Bertz CT molecular complexity index is 1190. The van der Waals surface area contributed by atoms with Crippen LogP contribution in [-0.2, 0) is 23.1 Å². The molecule has 9 nitrogen and oxygen atoms in total. The van der Waals surface area contributed by atoms with Crippen molar-refractivity contribution in [1.82, 2.24) is 20.4 Å². The molecule has 1 atom stereocenters. The average Bonchev–Trinajstić information content (AvgIpc) is 3.33. The summed E-state index contributed by atoms with van der Waals surface area (Å²) < 4.78 is 6.92. The number of carboxylic acids is 1. The summed E-state index contributed by atoms with van der Waals surface area (Å²) in [5.41, 5.74) is 5.29. The van der Waals surface area contributed by atoms with Gasteiger partial charge in [0, 0.05) is 24.6 Å². The van der Waals surface area contributed by atoms with E-state index < -0.39 is 24.0 Å². The lowest BCUT2D eigenvalue weighted by molar-refractivity contribution is -0.137. The molecule has 0 radical (unpaired) electrons. The summed E-state index contributed by atoms with van der Waals surface area (Å²) in [5.74, 6) is -1.51. The number of benzene rings is 2. The van der Waals surface area contributed by atoms with Gasteiger partial charge in [-0.15, -0.1) is 0 Å². The second kappa shape index (κ2) is 9.78. The second-order valence-corrected chi connectivity index (χ2v) is 8.29. The van der Waals surface area contributed by atoms with Gasteiger partial charge < -0.3 is 20.5 Å². The van der Waals surface area contributed by atoms with Crippen molar-refractivity contribution in [3.63, 3.8) is 0 Å². The fraction of sp³-hybridized carbons (Fsp3) is 0.280. The van der Waals surface area contributed by atoms with Crippen LogP contribution in [0.2, 0.25) is 0 Å². The number of hydrogen-bond donors (Lipinski definition) is 3. The van der Waals surface area contributed by atoms with Crippen molar-refractivity contribution in [2.45, 2.75) is 31.8 Å². The van der Waals surface area contributed by atoms with Crippen molar-refractivity contribution in [2.24, 2.45) is 7.05 Å². The van der Waals surface area contributed by atoms with Crippen LogP contribution in [0, 0.1) is 0 Å². The summed E-state index contributed by atoms with van der Waals surface area (Å²) in [4.78, 5) is 35.9. The molecule has 3 aromatic rings. The molecule has 0 saturated carbocycles. The van der Waals surface area contributed by atoms with Gasteiger partial charge in [0.05, 0.1) is 19.2 Å². The molecule has 34 heavy (non-hydrogen) atoms. The van der Waals surface area contributed by atoms with Crippen LogP contribution in [0.15, 0.2) is 54.7 Å². The number of carbonyl (C=O) groups is 3. The number of carbonyl (C=O) groups excluding carboxylic acids is 2. The van der Waals surface area contributed by atoms with Gasteiger partial charge in [-0.05, 0) is 29.2 Å². The Kier molecular flexibility index (Phi) is 6.62. The van der Waals surface area contributed by atoms with Crippen LogP contribution in [-0.4, -0.2) is 45.5 Å². The zero-order valence-electron chi connectivity index (χ0n) is 18.9. The highest BCUT2D eigenvalue weighted by atomic mass is 16.5. The number of aromatic nitrogens is 2. The van der Waals surface area contributed by atoms with E-state index in [-0.39, 0.29) is 31.2 Å². The van der Waals surface area contributed by atoms with Crippen molar-refractivity contribution in [1.29, 1.82) is 0 Å². The number of hydrogen-bond acceptors (Lipinski definition) is 5. The fourth-order valence-corrected chi connectivity index (χ4v) is 4.33. The number of nitrogens with zero attached hydrogens (tertiary/aromatic N) is 2. The number of ether oxygens (including phenoxy) is 1. The third kappa shape index (κ3) is 4.78. The zero-order valence-corrected chi connectivity index (χ0v) is 18.9. The maximum atomic E-state index is 12.6. The van der Waals surface area contributed by atoms with Crippen molar-refractivity contribution in [2.75, 3.05) is 6.61 Å². The van der Waals surface area contributed by atoms with Gasteiger partial charge >= 0.3 is 12.1 Å². The zero-order chi connectivity index (χ0) is 24.2. The molecule has 1 heterocycles. The Morgan fingerprint density at radius 1 is 1.09 bits per heavy atom. The summed E-state index contributed by atoms with van der Waals surface area (Å²) in [7, 11) is 1.60. The van der Waals surface area contributed by atoms with Gasteiger partial charge in [-0.1, -0.05) is 48.5 Å². The lowest BCUT2D eigenvalue weighted by Gasteiger charge is -2.15. The summed E-state index contributed by atoms with van der Waals surface area (Å²) in [6.45, 7) is 1.84. The first-order valence-corrected chi connectivity index (χ1v) is 11.0. The molecule has 0 spiro atoms. The summed E-state index contributed by atoms with van der Waals surface area (Å²) in [6.07, 6.45) is 0.688. The van der Waals surface area contributed by atoms with Gasteiger partial charge in [0.2, 0.25) is 0 Å². The maximum Gasteiger partial charge on any atom is 0.407 e. The summed E-state index contributed by atoms with van der Waals surface area (Å²) in [5, 5.41) is 18.3. The third-order valence-corrected chi connectivity index (χ3v) is 5.85. The molecule has 2 amide bonds. The van der Waals surface area contributed by atoms with Gasteiger partial charge in [-0.25, -0.2) is 4.79 Å². The second-order valence-electron chi connectivity index (χ2n) is 8.29. The number of carboxylic acid groups (broad SMARTS) is 1. The maximum absolute atomic E-state index is 12.6. The Balaban J connectivity index is 1.37. The molecule has 0 bridgehead atoms. The van der Waals surface area contributed by atoms with Crippen LogP contribution in [0.4, 0.5) is 4.79 Å². The molecular formula is C25H26N4O5. The first kappa shape index (κ1) is 23.0. The Hall–Kier alpha value is -4.14. The third-order valence-electron chi connectivity index (χ3n) is 5.85. The van der Waals surface area contributed by atoms with Crippen LogP contribution < -0.4 is 10.6 Å². The molecular weight excluding hydrogens is 436 g/mol. The standard InChI is InChI=1S/C25H26N4O5/c1-15(11-22(30)31)28-24(32)23-16(13-27-29(23)2)12-26-25(33)34-14-21-19-9-5-3-7-17(19)18-8-4-6-10-20(18)21/h3-10,13,15,21H,11-12,14H2,1-2H3,(H,26,33)(H,28,32)(H,30,31)/t15-/m0/s1. The molecule has 1 aromatic heterocycles. The van der Waals surface area contributed by atoms with Gasteiger partial charge in [-0.2, -0.15) is 5.10 Å². The van der Waals surface area contributed by atoms with Crippen LogP contribution in [0.1, 0.15) is 46.4 Å². The van der Waals surface area contributed by atoms with E-state index in [0.717, 1.165) is 22.3 Å². The van der Waals surface area contributed by atoms with Gasteiger partial charge in [0.25, 0.3) is 5.91 Å². The number of amides is 2. The van der Waals surface area contributed by atoms with Crippen molar-refractivity contribution in [3.05, 3.63) is 77.1 Å². The number of alkyl carbamates (subject to hydrolysis) is 1. The highest BCUT2D eigenvalue weighted by Gasteiger charge is 2.29. The van der Waals surface area contributed by atoms with E-state index in [2.05, 4.69) is 27.9 Å². The molecule has 2 aromatic carbocycles. The van der Waals surface area contributed by atoms with E-state index in [9.17, 15) is 14.4 Å². The van der Waals surface area contributed by atoms with E-state index >= 15 is 0 Å².